The number of fused-ring (bicyclic) bond motifs is 6. The van der Waals surface area contributed by atoms with Crippen molar-refractivity contribution >= 4 is 54.5 Å². The van der Waals surface area contributed by atoms with Gasteiger partial charge in [-0.3, -0.25) is 0 Å². The summed E-state index contributed by atoms with van der Waals surface area (Å²) in [6.07, 6.45) is 0. The molecule has 0 fully saturated rings. The summed E-state index contributed by atoms with van der Waals surface area (Å²) in [5.41, 5.74) is 11.0. The fraction of sp³-hybridized carbons (Fsp3) is 0. The molecule has 10 aromatic rings. The second-order valence-corrected chi connectivity index (χ2v) is 12.5. The second kappa shape index (κ2) is 10.5. The van der Waals surface area contributed by atoms with Crippen molar-refractivity contribution in [2.24, 2.45) is 0 Å². The Morgan fingerprint density at radius 3 is 1.69 bits per heavy atom. The van der Waals surface area contributed by atoms with Crippen LogP contribution in [-0.4, -0.2) is 9.55 Å². The summed E-state index contributed by atoms with van der Waals surface area (Å²) >= 11 is 0. The van der Waals surface area contributed by atoms with Gasteiger partial charge in [0.05, 0.1) is 11.0 Å². The lowest BCUT2D eigenvalue weighted by Crippen LogP contribution is -1.93. The van der Waals surface area contributed by atoms with Crippen LogP contribution in [0.5, 0.6) is 0 Å². The van der Waals surface area contributed by atoms with E-state index in [4.69, 9.17) is 4.42 Å². The molecule has 0 unspecified atom stereocenters. The van der Waals surface area contributed by atoms with Gasteiger partial charge in [0.2, 0.25) is 5.89 Å². The minimum absolute atomic E-state index is 0.634. The van der Waals surface area contributed by atoms with Gasteiger partial charge in [-0.1, -0.05) is 97.1 Å². The molecule has 48 heavy (non-hydrogen) atoms. The third-order valence-corrected chi connectivity index (χ3v) is 9.60. The van der Waals surface area contributed by atoms with Crippen LogP contribution in [0.2, 0.25) is 0 Å². The van der Waals surface area contributed by atoms with Crippen LogP contribution in [0, 0.1) is 0 Å². The Balaban J connectivity index is 1.02. The van der Waals surface area contributed by atoms with Crippen molar-refractivity contribution < 1.29 is 4.42 Å². The van der Waals surface area contributed by atoms with E-state index in [1.807, 2.05) is 24.3 Å². The molecule has 0 spiro atoms. The Morgan fingerprint density at radius 1 is 0.396 bits per heavy atom. The smallest absolute Gasteiger partial charge is 0.227 e. The van der Waals surface area contributed by atoms with Crippen LogP contribution in [0.15, 0.2) is 174 Å². The minimum atomic E-state index is 0.634. The predicted octanol–water partition coefficient (Wildman–Crippen LogP) is 12.2. The van der Waals surface area contributed by atoms with Crippen molar-refractivity contribution in [1.82, 2.24) is 9.55 Å². The van der Waals surface area contributed by atoms with Gasteiger partial charge in [0.25, 0.3) is 0 Å². The van der Waals surface area contributed by atoms with Gasteiger partial charge in [0, 0.05) is 22.0 Å². The molecular formula is C45H28N2O. The normalized spacial score (nSPS) is 11.8. The quantitative estimate of drug-likeness (QED) is 0.198. The first-order valence-electron chi connectivity index (χ1n) is 16.3. The average molecular weight is 613 g/mol. The zero-order chi connectivity index (χ0) is 31.6. The molecule has 0 saturated heterocycles. The summed E-state index contributed by atoms with van der Waals surface area (Å²) in [6, 6.07) is 60.7. The maximum Gasteiger partial charge on any atom is 0.227 e. The van der Waals surface area contributed by atoms with E-state index in [9.17, 15) is 0 Å². The van der Waals surface area contributed by atoms with E-state index in [-0.39, 0.29) is 0 Å². The lowest BCUT2D eigenvalue weighted by molar-refractivity contribution is 0.620. The Hall–Kier alpha value is -6.45. The highest BCUT2D eigenvalue weighted by Gasteiger charge is 2.15. The highest BCUT2D eigenvalue weighted by Crippen LogP contribution is 2.37. The zero-order valence-corrected chi connectivity index (χ0v) is 26.0. The van der Waals surface area contributed by atoms with Crippen LogP contribution in [0.25, 0.3) is 93.8 Å². The third kappa shape index (κ3) is 4.33. The number of nitrogens with zero attached hydrogens (tertiary/aromatic N) is 2. The van der Waals surface area contributed by atoms with Crippen molar-refractivity contribution in [3.8, 4) is 39.4 Å². The summed E-state index contributed by atoms with van der Waals surface area (Å²) < 4.78 is 8.38. The number of rotatable bonds is 4. The van der Waals surface area contributed by atoms with Crippen molar-refractivity contribution in [1.29, 1.82) is 0 Å². The number of benzene rings is 8. The maximum atomic E-state index is 6.03. The van der Waals surface area contributed by atoms with Gasteiger partial charge in [0.15, 0.2) is 5.58 Å². The predicted molar refractivity (Wildman–Crippen MR) is 200 cm³/mol. The number of hydrogen-bond acceptors (Lipinski definition) is 2. The van der Waals surface area contributed by atoms with Crippen LogP contribution in [0.1, 0.15) is 0 Å². The number of hydrogen-bond donors (Lipinski definition) is 0. The Morgan fingerprint density at radius 2 is 0.938 bits per heavy atom. The van der Waals surface area contributed by atoms with Crippen molar-refractivity contribution in [2.75, 3.05) is 0 Å². The van der Waals surface area contributed by atoms with Crippen molar-refractivity contribution in [3.05, 3.63) is 170 Å². The van der Waals surface area contributed by atoms with Crippen LogP contribution >= 0.6 is 0 Å². The van der Waals surface area contributed by atoms with Gasteiger partial charge in [-0.05, 0) is 117 Å². The van der Waals surface area contributed by atoms with Crippen LogP contribution in [0.3, 0.4) is 0 Å². The van der Waals surface area contributed by atoms with Crippen molar-refractivity contribution in [2.45, 2.75) is 0 Å². The van der Waals surface area contributed by atoms with Crippen LogP contribution < -0.4 is 0 Å². The minimum Gasteiger partial charge on any atom is -0.436 e. The molecule has 0 bridgehead atoms. The fourth-order valence-electron chi connectivity index (χ4n) is 7.15. The largest absolute Gasteiger partial charge is 0.436 e. The molecule has 0 amide bonds. The first-order valence-corrected chi connectivity index (χ1v) is 16.3. The first kappa shape index (κ1) is 26.7. The average Bonchev–Trinajstić information content (AvgIpc) is 3.74. The summed E-state index contributed by atoms with van der Waals surface area (Å²) in [5, 5.41) is 7.47. The molecule has 8 aromatic carbocycles. The molecule has 3 nitrogen and oxygen atoms in total. The molecule has 0 saturated carbocycles. The molecule has 0 aliphatic heterocycles. The molecule has 0 atom stereocenters. The zero-order valence-electron chi connectivity index (χ0n) is 26.0. The van der Waals surface area contributed by atoms with Gasteiger partial charge in [-0.25, -0.2) is 4.98 Å². The van der Waals surface area contributed by atoms with Gasteiger partial charge in [-0.15, -0.1) is 0 Å². The monoisotopic (exact) mass is 612 g/mol. The van der Waals surface area contributed by atoms with E-state index in [1.165, 1.54) is 65.6 Å². The molecular weight excluding hydrogens is 585 g/mol. The SMILES string of the molecule is c1ccc2cc(-c3ccc4cc(-c5ccc6c(c5)c5ccccc5n6-c5ccc(-c6nc7ccccc7o6)cc5)ccc4c3)ccc2c1. The third-order valence-electron chi connectivity index (χ3n) is 9.60. The Kier molecular flexibility index (Phi) is 5.87. The highest BCUT2D eigenvalue weighted by molar-refractivity contribution is 6.10. The topological polar surface area (TPSA) is 31.0 Å². The second-order valence-electron chi connectivity index (χ2n) is 12.5. The van der Waals surface area contributed by atoms with E-state index in [0.717, 1.165) is 22.4 Å². The highest BCUT2D eigenvalue weighted by atomic mass is 16.3. The molecule has 0 aliphatic rings. The molecule has 0 aliphatic carbocycles. The van der Waals surface area contributed by atoms with Gasteiger partial charge < -0.3 is 8.98 Å². The summed E-state index contributed by atoms with van der Waals surface area (Å²) in [4.78, 5) is 4.69. The van der Waals surface area contributed by atoms with Gasteiger partial charge in [-0.2, -0.15) is 0 Å². The molecule has 0 N–H and O–H groups in total. The molecule has 224 valence electrons. The summed E-state index contributed by atoms with van der Waals surface area (Å²) in [7, 11) is 0. The standard InChI is InChI=1S/C45H28N2O/c1-2-8-31-25-32(14-13-29(31)7-1)33-15-16-35-27-36(18-17-34(35)26-33)37-21-24-43-40(28-37)39-9-3-5-11-42(39)47(43)38-22-19-30(20-23-38)45-46-41-10-4-6-12-44(41)48-45/h1-28H. The Labute approximate surface area is 277 Å². The molecule has 0 radical (unpaired) electrons. The molecule has 2 heterocycles. The van der Waals surface area contributed by atoms with E-state index in [2.05, 4.69) is 155 Å². The lowest BCUT2D eigenvalue weighted by Gasteiger charge is -2.10. The Bertz CT molecular complexity index is 2800. The summed E-state index contributed by atoms with van der Waals surface area (Å²) in [6.45, 7) is 0. The van der Waals surface area contributed by atoms with Gasteiger partial charge >= 0.3 is 0 Å². The molecule has 2 aromatic heterocycles. The number of aromatic nitrogens is 2. The molecule has 10 rings (SSSR count). The fourth-order valence-corrected chi connectivity index (χ4v) is 7.15. The lowest BCUT2D eigenvalue weighted by atomic mass is 9.96. The van der Waals surface area contributed by atoms with Crippen LogP contribution in [-0.2, 0) is 0 Å². The van der Waals surface area contributed by atoms with E-state index in [0.29, 0.717) is 5.89 Å². The van der Waals surface area contributed by atoms with Crippen molar-refractivity contribution in [3.63, 3.8) is 0 Å². The van der Waals surface area contributed by atoms with E-state index in [1.54, 1.807) is 0 Å². The number of para-hydroxylation sites is 3. The van der Waals surface area contributed by atoms with Gasteiger partial charge in [0.1, 0.15) is 5.52 Å². The maximum absolute atomic E-state index is 6.03. The van der Waals surface area contributed by atoms with E-state index < -0.39 is 0 Å². The first-order chi connectivity index (χ1) is 23.7. The van der Waals surface area contributed by atoms with Crippen LogP contribution in [0.4, 0.5) is 0 Å². The van der Waals surface area contributed by atoms with E-state index >= 15 is 0 Å². The molecule has 3 heteroatoms. The number of oxazole rings is 1. The summed E-state index contributed by atoms with van der Waals surface area (Å²) in [5.74, 6) is 0.634.